The summed E-state index contributed by atoms with van der Waals surface area (Å²) in [7, 11) is 1.75. The fourth-order valence-corrected chi connectivity index (χ4v) is 3.55. The maximum absolute atomic E-state index is 10.4. The monoisotopic (exact) mass is 254 g/mol. The van der Waals surface area contributed by atoms with Gasteiger partial charge in [-0.15, -0.1) is 11.3 Å². The van der Waals surface area contributed by atoms with Crippen molar-refractivity contribution < 1.29 is 9.84 Å². The van der Waals surface area contributed by atoms with Gasteiger partial charge in [0.05, 0.1) is 11.7 Å². The quantitative estimate of drug-likeness (QED) is 0.872. The number of hydrogen-bond acceptors (Lipinski definition) is 3. The third kappa shape index (κ3) is 3.09. The van der Waals surface area contributed by atoms with E-state index < -0.39 is 0 Å². The Kier molecular flexibility index (Phi) is 4.60. The fraction of sp³-hybridized carbons (Fsp3) is 0.714. The first kappa shape index (κ1) is 13.1. The van der Waals surface area contributed by atoms with Gasteiger partial charge in [0.25, 0.3) is 0 Å². The summed E-state index contributed by atoms with van der Waals surface area (Å²) < 4.78 is 5.66. The van der Waals surface area contributed by atoms with Crippen LogP contribution in [0.4, 0.5) is 0 Å². The Labute approximate surface area is 108 Å². The lowest BCUT2D eigenvalue weighted by molar-refractivity contribution is -0.124. The van der Waals surface area contributed by atoms with Crippen LogP contribution in [0.15, 0.2) is 17.5 Å². The second-order valence-corrected chi connectivity index (χ2v) is 6.00. The van der Waals surface area contributed by atoms with Gasteiger partial charge in [-0.3, -0.25) is 0 Å². The first-order chi connectivity index (χ1) is 8.27. The van der Waals surface area contributed by atoms with E-state index in [0.717, 1.165) is 25.7 Å². The zero-order valence-electron chi connectivity index (χ0n) is 10.5. The molecular weight excluding hydrogens is 232 g/mol. The molecule has 17 heavy (non-hydrogen) atoms. The standard InChI is InChI=1S/C14H22O2S/c1-16-14(9-3-2-4-10-14)13(15)8-7-12-6-5-11-17-12/h5-6,11,13,15H,2-4,7-10H2,1H3. The first-order valence-electron chi connectivity index (χ1n) is 6.52. The highest BCUT2D eigenvalue weighted by Crippen LogP contribution is 2.35. The molecule has 0 amide bonds. The van der Waals surface area contributed by atoms with Gasteiger partial charge < -0.3 is 9.84 Å². The molecule has 1 fully saturated rings. The molecule has 1 aromatic heterocycles. The van der Waals surface area contributed by atoms with Crippen LogP contribution in [-0.2, 0) is 11.2 Å². The zero-order chi connectivity index (χ0) is 12.1. The van der Waals surface area contributed by atoms with E-state index in [9.17, 15) is 5.11 Å². The van der Waals surface area contributed by atoms with Crippen LogP contribution < -0.4 is 0 Å². The topological polar surface area (TPSA) is 29.5 Å². The summed E-state index contributed by atoms with van der Waals surface area (Å²) in [4.78, 5) is 1.35. The number of aliphatic hydroxyl groups is 1. The molecule has 1 atom stereocenters. The summed E-state index contributed by atoms with van der Waals surface area (Å²) >= 11 is 1.77. The molecule has 0 saturated heterocycles. The summed E-state index contributed by atoms with van der Waals surface area (Å²) in [5, 5.41) is 12.5. The van der Waals surface area contributed by atoms with Crippen molar-refractivity contribution in [2.24, 2.45) is 0 Å². The summed E-state index contributed by atoms with van der Waals surface area (Å²) in [6.45, 7) is 0. The maximum Gasteiger partial charge on any atom is 0.0936 e. The Morgan fingerprint density at radius 1 is 1.41 bits per heavy atom. The Bertz CT molecular complexity index is 315. The molecule has 0 bridgehead atoms. The zero-order valence-corrected chi connectivity index (χ0v) is 11.3. The van der Waals surface area contributed by atoms with Gasteiger partial charge in [-0.05, 0) is 37.1 Å². The maximum atomic E-state index is 10.4. The average molecular weight is 254 g/mol. The number of aliphatic hydroxyl groups excluding tert-OH is 1. The highest BCUT2D eigenvalue weighted by molar-refractivity contribution is 7.09. The summed E-state index contributed by atoms with van der Waals surface area (Å²) in [6.07, 6.45) is 7.12. The molecule has 2 nitrogen and oxygen atoms in total. The van der Waals surface area contributed by atoms with Crippen molar-refractivity contribution in [1.82, 2.24) is 0 Å². The van der Waals surface area contributed by atoms with E-state index in [-0.39, 0.29) is 11.7 Å². The van der Waals surface area contributed by atoms with Gasteiger partial charge in [-0.1, -0.05) is 25.3 Å². The number of thiophene rings is 1. The van der Waals surface area contributed by atoms with Gasteiger partial charge in [-0.2, -0.15) is 0 Å². The number of methoxy groups -OCH3 is 1. The molecule has 1 N–H and O–H groups in total. The van der Waals surface area contributed by atoms with Crippen LogP contribution in [-0.4, -0.2) is 23.9 Å². The summed E-state index contributed by atoms with van der Waals surface area (Å²) in [5.74, 6) is 0. The molecule has 2 rings (SSSR count). The van der Waals surface area contributed by atoms with E-state index in [2.05, 4.69) is 17.5 Å². The van der Waals surface area contributed by atoms with Crippen molar-refractivity contribution in [3.05, 3.63) is 22.4 Å². The Hall–Kier alpha value is -0.380. The molecule has 1 aliphatic rings. The van der Waals surface area contributed by atoms with Crippen LogP contribution in [0.1, 0.15) is 43.4 Å². The van der Waals surface area contributed by atoms with Gasteiger partial charge in [-0.25, -0.2) is 0 Å². The number of ether oxygens (including phenoxy) is 1. The minimum atomic E-state index is -0.324. The molecule has 96 valence electrons. The van der Waals surface area contributed by atoms with Crippen LogP contribution >= 0.6 is 11.3 Å². The van der Waals surface area contributed by atoms with Gasteiger partial charge in [0, 0.05) is 12.0 Å². The van der Waals surface area contributed by atoms with Gasteiger partial charge in [0.15, 0.2) is 0 Å². The normalized spacial score (nSPS) is 21.3. The fourth-order valence-electron chi connectivity index (χ4n) is 2.82. The molecule has 1 aromatic rings. The van der Waals surface area contributed by atoms with Crippen LogP contribution in [0.3, 0.4) is 0 Å². The predicted molar refractivity (Wildman–Crippen MR) is 71.5 cm³/mol. The van der Waals surface area contributed by atoms with Crippen molar-refractivity contribution in [1.29, 1.82) is 0 Å². The Morgan fingerprint density at radius 2 is 2.18 bits per heavy atom. The van der Waals surface area contributed by atoms with Crippen molar-refractivity contribution in [3.63, 3.8) is 0 Å². The van der Waals surface area contributed by atoms with Gasteiger partial charge in [0.2, 0.25) is 0 Å². The number of hydrogen-bond donors (Lipinski definition) is 1. The van der Waals surface area contributed by atoms with E-state index in [0.29, 0.717) is 0 Å². The molecule has 1 aliphatic carbocycles. The van der Waals surface area contributed by atoms with Gasteiger partial charge >= 0.3 is 0 Å². The van der Waals surface area contributed by atoms with E-state index in [1.165, 1.54) is 24.1 Å². The van der Waals surface area contributed by atoms with Crippen molar-refractivity contribution in [2.45, 2.75) is 56.7 Å². The highest BCUT2D eigenvalue weighted by Gasteiger charge is 2.38. The number of rotatable bonds is 5. The molecule has 1 heterocycles. The first-order valence-corrected chi connectivity index (χ1v) is 7.40. The lowest BCUT2D eigenvalue weighted by atomic mass is 9.79. The minimum Gasteiger partial charge on any atom is -0.390 e. The molecule has 1 saturated carbocycles. The molecule has 0 spiro atoms. The van der Waals surface area contributed by atoms with Crippen LogP contribution in [0.25, 0.3) is 0 Å². The minimum absolute atomic E-state index is 0.268. The van der Waals surface area contributed by atoms with Crippen LogP contribution in [0.5, 0.6) is 0 Å². The molecule has 0 aliphatic heterocycles. The average Bonchev–Trinajstić information content (AvgIpc) is 2.90. The summed E-state index contributed by atoms with van der Waals surface area (Å²) in [5.41, 5.74) is -0.268. The van der Waals surface area contributed by atoms with Crippen molar-refractivity contribution >= 4 is 11.3 Å². The van der Waals surface area contributed by atoms with E-state index >= 15 is 0 Å². The van der Waals surface area contributed by atoms with E-state index in [1.54, 1.807) is 18.4 Å². The molecule has 0 aromatic carbocycles. The van der Waals surface area contributed by atoms with Crippen LogP contribution in [0.2, 0.25) is 0 Å². The van der Waals surface area contributed by atoms with E-state index in [4.69, 9.17) is 4.74 Å². The molecule has 0 radical (unpaired) electrons. The SMILES string of the molecule is COC1(C(O)CCc2cccs2)CCCCC1. The van der Waals surface area contributed by atoms with Crippen molar-refractivity contribution in [3.8, 4) is 0 Å². The molecular formula is C14H22O2S. The smallest absolute Gasteiger partial charge is 0.0936 e. The summed E-state index contributed by atoms with van der Waals surface area (Å²) in [6, 6.07) is 4.21. The molecule has 3 heteroatoms. The second kappa shape index (κ2) is 5.98. The van der Waals surface area contributed by atoms with Gasteiger partial charge in [0.1, 0.15) is 0 Å². The lowest BCUT2D eigenvalue weighted by Gasteiger charge is -2.40. The Morgan fingerprint density at radius 3 is 2.76 bits per heavy atom. The third-order valence-electron chi connectivity index (χ3n) is 3.96. The number of aryl methyl sites for hydroxylation is 1. The predicted octanol–water partition coefficient (Wildman–Crippen LogP) is 3.39. The van der Waals surface area contributed by atoms with Crippen molar-refractivity contribution in [2.75, 3.05) is 7.11 Å². The Balaban J connectivity index is 1.90. The van der Waals surface area contributed by atoms with E-state index in [1.807, 2.05) is 0 Å². The highest BCUT2D eigenvalue weighted by atomic mass is 32.1. The third-order valence-corrected chi connectivity index (χ3v) is 4.89. The molecule has 1 unspecified atom stereocenters. The second-order valence-electron chi connectivity index (χ2n) is 4.96. The largest absolute Gasteiger partial charge is 0.390 e. The van der Waals surface area contributed by atoms with Crippen LogP contribution in [0, 0.1) is 0 Å². The lowest BCUT2D eigenvalue weighted by Crippen LogP contribution is -2.46.